The zero-order valence-electron chi connectivity index (χ0n) is 13.0. The van der Waals surface area contributed by atoms with Crippen molar-refractivity contribution in [1.29, 1.82) is 0 Å². The molecule has 1 fully saturated rings. The maximum absolute atomic E-state index is 12.5. The van der Waals surface area contributed by atoms with E-state index in [1.165, 1.54) is 4.90 Å². The fourth-order valence-electron chi connectivity index (χ4n) is 3.04. The molecule has 1 saturated heterocycles. The van der Waals surface area contributed by atoms with Gasteiger partial charge in [-0.15, -0.1) is 0 Å². The van der Waals surface area contributed by atoms with Gasteiger partial charge in [-0.25, -0.2) is 9.78 Å². The Morgan fingerprint density at radius 3 is 2.78 bits per heavy atom. The molecule has 2 aromatic rings. The maximum atomic E-state index is 12.5. The first kappa shape index (κ1) is 15.3. The summed E-state index contributed by atoms with van der Waals surface area (Å²) in [4.78, 5) is 29.2. The fraction of sp³-hybridized carbons (Fsp3) is 0.438. The Morgan fingerprint density at radius 2 is 2.09 bits per heavy atom. The minimum Gasteiger partial charge on any atom is -0.465 e. The SMILES string of the molecule is Cc1nc2ccccn2c1C(=O)NCC1CCN(C(=O)O)CC1. The van der Waals surface area contributed by atoms with E-state index in [1.54, 1.807) is 4.40 Å². The number of carbonyl (C=O) groups excluding carboxylic acids is 1. The lowest BCUT2D eigenvalue weighted by Crippen LogP contribution is -2.41. The van der Waals surface area contributed by atoms with Crippen LogP contribution < -0.4 is 5.32 Å². The minimum atomic E-state index is -0.867. The number of hydrogen-bond acceptors (Lipinski definition) is 3. The molecule has 7 nitrogen and oxygen atoms in total. The monoisotopic (exact) mass is 316 g/mol. The van der Waals surface area contributed by atoms with Crippen LogP contribution in [0.5, 0.6) is 0 Å². The quantitative estimate of drug-likeness (QED) is 0.903. The Balaban J connectivity index is 1.61. The number of fused-ring (bicyclic) bond motifs is 1. The lowest BCUT2D eigenvalue weighted by Gasteiger charge is -2.29. The van der Waals surface area contributed by atoms with Crippen molar-refractivity contribution in [2.45, 2.75) is 19.8 Å². The van der Waals surface area contributed by atoms with Gasteiger partial charge in [0.15, 0.2) is 0 Å². The fourth-order valence-corrected chi connectivity index (χ4v) is 3.04. The average molecular weight is 316 g/mol. The maximum Gasteiger partial charge on any atom is 0.407 e. The highest BCUT2D eigenvalue weighted by molar-refractivity contribution is 5.94. The van der Waals surface area contributed by atoms with E-state index in [2.05, 4.69) is 10.3 Å². The molecule has 0 aliphatic carbocycles. The number of nitrogens with one attached hydrogen (secondary N) is 1. The molecule has 2 aromatic heterocycles. The van der Waals surface area contributed by atoms with Gasteiger partial charge >= 0.3 is 6.09 Å². The van der Waals surface area contributed by atoms with Crippen molar-refractivity contribution in [2.75, 3.05) is 19.6 Å². The van der Waals surface area contributed by atoms with E-state index >= 15 is 0 Å². The summed E-state index contributed by atoms with van der Waals surface area (Å²) in [6.07, 6.45) is 2.52. The van der Waals surface area contributed by atoms with E-state index in [-0.39, 0.29) is 5.91 Å². The first-order chi connectivity index (χ1) is 11.1. The molecule has 2 amide bonds. The number of likely N-dealkylation sites (tertiary alicyclic amines) is 1. The van der Waals surface area contributed by atoms with Crippen LogP contribution in [0, 0.1) is 12.8 Å². The minimum absolute atomic E-state index is 0.137. The Morgan fingerprint density at radius 1 is 1.35 bits per heavy atom. The molecule has 1 aliphatic rings. The molecule has 0 atom stereocenters. The molecule has 1 aliphatic heterocycles. The van der Waals surface area contributed by atoms with Gasteiger partial charge in [-0.2, -0.15) is 0 Å². The number of nitrogens with zero attached hydrogens (tertiary/aromatic N) is 3. The zero-order chi connectivity index (χ0) is 16.4. The number of carboxylic acid groups (broad SMARTS) is 1. The molecule has 23 heavy (non-hydrogen) atoms. The number of amides is 2. The molecule has 0 spiro atoms. The predicted molar refractivity (Wildman–Crippen MR) is 84.6 cm³/mol. The van der Waals surface area contributed by atoms with E-state index in [0.717, 1.165) is 18.5 Å². The van der Waals surface area contributed by atoms with Gasteiger partial charge in [-0.05, 0) is 37.8 Å². The lowest BCUT2D eigenvalue weighted by molar-refractivity contribution is 0.0922. The third-order valence-corrected chi connectivity index (χ3v) is 4.36. The number of piperidine rings is 1. The second-order valence-corrected chi connectivity index (χ2v) is 5.90. The Hall–Kier alpha value is -2.57. The van der Waals surface area contributed by atoms with Gasteiger partial charge in [0.05, 0.1) is 5.69 Å². The van der Waals surface area contributed by atoms with E-state index in [4.69, 9.17) is 5.11 Å². The summed E-state index contributed by atoms with van der Waals surface area (Å²) in [6.45, 7) is 3.45. The second kappa shape index (κ2) is 6.28. The summed E-state index contributed by atoms with van der Waals surface area (Å²) < 4.78 is 1.79. The van der Waals surface area contributed by atoms with Gasteiger partial charge < -0.3 is 15.3 Å². The highest BCUT2D eigenvalue weighted by atomic mass is 16.4. The third kappa shape index (κ3) is 3.13. The number of carbonyl (C=O) groups is 2. The highest BCUT2D eigenvalue weighted by Gasteiger charge is 2.23. The van der Waals surface area contributed by atoms with Crippen LogP contribution in [0.1, 0.15) is 29.0 Å². The molecule has 0 aromatic carbocycles. The molecule has 7 heteroatoms. The van der Waals surface area contributed by atoms with Crippen LogP contribution in [-0.2, 0) is 0 Å². The van der Waals surface area contributed by atoms with Gasteiger partial charge in [0, 0.05) is 25.8 Å². The van der Waals surface area contributed by atoms with Crippen LogP contribution in [-0.4, -0.2) is 51.0 Å². The predicted octanol–water partition coefficient (Wildman–Crippen LogP) is 1.76. The van der Waals surface area contributed by atoms with E-state index in [9.17, 15) is 9.59 Å². The summed E-state index contributed by atoms with van der Waals surface area (Å²) in [7, 11) is 0. The zero-order valence-corrected chi connectivity index (χ0v) is 13.0. The molecule has 0 radical (unpaired) electrons. The lowest BCUT2D eigenvalue weighted by atomic mass is 9.97. The summed E-state index contributed by atoms with van der Waals surface area (Å²) in [5.41, 5.74) is 2.02. The summed E-state index contributed by atoms with van der Waals surface area (Å²) in [5.74, 6) is 0.177. The third-order valence-electron chi connectivity index (χ3n) is 4.36. The highest BCUT2D eigenvalue weighted by Crippen LogP contribution is 2.17. The van der Waals surface area contributed by atoms with Gasteiger partial charge in [-0.3, -0.25) is 9.20 Å². The van der Waals surface area contributed by atoms with Crippen LogP contribution in [0.2, 0.25) is 0 Å². The van der Waals surface area contributed by atoms with Crippen molar-refractivity contribution in [3.63, 3.8) is 0 Å². The van der Waals surface area contributed by atoms with Gasteiger partial charge in [-0.1, -0.05) is 6.07 Å². The van der Waals surface area contributed by atoms with Gasteiger partial charge in [0.25, 0.3) is 5.91 Å². The normalized spacial score (nSPS) is 15.8. The molecule has 3 heterocycles. The van der Waals surface area contributed by atoms with Crippen LogP contribution in [0.3, 0.4) is 0 Å². The topological polar surface area (TPSA) is 86.9 Å². The Bertz CT molecular complexity index is 732. The van der Waals surface area contributed by atoms with E-state index in [0.29, 0.717) is 36.9 Å². The largest absolute Gasteiger partial charge is 0.465 e. The number of aryl methyl sites for hydroxylation is 1. The summed E-state index contributed by atoms with van der Waals surface area (Å²) in [5, 5.41) is 11.9. The van der Waals surface area contributed by atoms with Gasteiger partial charge in [0.2, 0.25) is 0 Å². The molecule has 2 N–H and O–H groups in total. The number of rotatable bonds is 3. The summed E-state index contributed by atoms with van der Waals surface area (Å²) in [6, 6.07) is 5.62. The molecule has 122 valence electrons. The molecular formula is C16H20N4O3. The number of pyridine rings is 1. The van der Waals surface area contributed by atoms with Gasteiger partial charge in [0.1, 0.15) is 11.3 Å². The van der Waals surface area contributed by atoms with Crippen molar-refractivity contribution in [2.24, 2.45) is 5.92 Å². The summed E-state index contributed by atoms with van der Waals surface area (Å²) >= 11 is 0. The van der Waals surface area contributed by atoms with Crippen LogP contribution in [0.25, 0.3) is 5.65 Å². The first-order valence-corrected chi connectivity index (χ1v) is 7.76. The number of aromatic nitrogens is 2. The van der Waals surface area contributed by atoms with Crippen molar-refractivity contribution >= 4 is 17.6 Å². The Labute approximate surface area is 133 Å². The smallest absolute Gasteiger partial charge is 0.407 e. The van der Waals surface area contributed by atoms with Crippen molar-refractivity contribution in [1.82, 2.24) is 19.6 Å². The Kier molecular flexibility index (Phi) is 4.18. The van der Waals surface area contributed by atoms with E-state index < -0.39 is 6.09 Å². The second-order valence-electron chi connectivity index (χ2n) is 5.90. The number of hydrogen-bond donors (Lipinski definition) is 2. The average Bonchev–Trinajstić information content (AvgIpc) is 2.88. The van der Waals surface area contributed by atoms with Crippen LogP contribution in [0.4, 0.5) is 4.79 Å². The molecule has 3 rings (SSSR count). The van der Waals surface area contributed by atoms with Crippen molar-refractivity contribution in [3.05, 3.63) is 35.8 Å². The van der Waals surface area contributed by atoms with E-state index in [1.807, 2.05) is 31.3 Å². The standard InChI is InChI=1S/C16H20N4O3/c1-11-14(20-7-3-2-4-13(20)18-11)15(21)17-10-12-5-8-19(9-6-12)16(22)23/h2-4,7,12H,5-6,8-10H2,1H3,(H,17,21)(H,22,23). The van der Waals surface area contributed by atoms with Crippen molar-refractivity contribution < 1.29 is 14.7 Å². The van der Waals surface area contributed by atoms with Crippen molar-refractivity contribution in [3.8, 4) is 0 Å². The molecular weight excluding hydrogens is 296 g/mol. The molecule has 0 bridgehead atoms. The van der Waals surface area contributed by atoms with Crippen LogP contribution in [0.15, 0.2) is 24.4 Å². The molecule has 0 saturated carbocycles. The number of imidazole rings is 1. The first-order valence-electron chi connectivity index (χ1n) is 7.76. The van der Waals surface area contributed by atoms with Crippen LogP contribution >= 0.6 is 0 Å². The molecule has 0 unspecified atom stereocenters.